The zero-order valence-corrected chi connectivity index (χ0v) is 8.95. The molecule has 0 N–H and O–H groups in total. The second kappa shape index (κ2) is 7.71. The van der Waals surface area contributed by atoms with Gasteiger partial charge in [0, 0.05) is 12.9 Å². The first-order chi connectivity index (χ1) is 6.16. The van der Waals surface area contributed by atoms with Gasteiger partial charge >= 0.3 is 0 Å². The Hall–Kier alpha value is -0.920. The van der Waals surface area contributed by atoms with Gasteiger partial charge < -0.3 is 0 Å². The third kappa shape index (κ3) is 8.99. The van der Waals surface area contributed by atoms with E-state index in [-0.39, 0.29) is 0 Å². The molecule has 0 bridgehead atoms. The van der Waals surface area contributed by atoms with Crippen molar-refractivity contribution in [2.75, 3.05) is 0 Å². The number of nitrogens with zero attached hydrogens (tertiary/aromatic N) is 2. The molecule has 0 aromatic rings. The first kappa shape index (κ1) is 12.1. The van der Waals surface area contributed by atoms with Gasteiger partial charge in [0.15, 0.2) is 0 Å². The van der Waals surface area contributed by atoms with Crippen molar-refractivity contribution in [1.82, 2.24) is 0 Å². The molecular weight excluding hydrogens is 160 g/mol. The van der Waals surface area contributed by atoms with Gasteiger partial charge in [-0.05, 0) is 31.8 Å². The number of rotatable bonds is 6. The minimum Gasteiger partial charge on any atom is -0.167 e. The number of hydrogen-bond acceptors (Lipinski definition) is 2. The summed E-state index contributed by atoms with van der Waals surface area (Å²) in [5.74, 6) is 0.802. The van der Waals surface area contributed by atoms with Gasteiger partial charge in [0.05, 0.1) is 0 Å². The molecule has 0 unspecified atom stereocenters. The molecule has 74 valence electrons. The van der Waals surface area contributed by atoms with Gasteiger partial charge in [-0.3, -0.25) is 0 Å². The van der Waals surface area contributed by atoms with Crippen molar-refractivity contribution >= 4 is 12.9 Å². The topological polar surface area (TPSA) is 24.7 Å². The summed E-state index contributed by atoms with van der Waals surface area (Å²) in [5, 5.41) is 7.06. The molecule has 0 aromatic heterocycles. The Kier molecular flexibility index (Phi) is 7.17. The van der Waals surface area contributed by atoms with Crippen molar-refractivity contribution in [3.05, 3.63) is 11.6 Å². The van der Waals surface area contributed by atoms with Crippen molar-refractivity contribution in [2.24, 2.45) is 16.1 Å². The fourth-order valence-corrected chi connectivity index (χ4v) is 1.08. The van der Waals surface area contributed by atoms with Crippen LogP contribution >= 0.6 is 0 Å². The summed E-state index contributed by atoms with van der Waals surface area (Å²) in [7, 11) is 0. The average Bonchev–Trinajstić information content (AvgIpc) is 2.04. The fraction of sp³-hybridized carbons (Fsp3) is 0.636. The van der Waals surface area contributed by atoms with E-state index in [9.17, 15) is 0 Å². The third-order valence-corrected chi connectivity index (χ3v) is 1.86. The first-order valence-corrected chi connectivity index (χ1v) is 4.81. The summed E-state index contributed by atoms with van der Waals surface area (Å²) in [6.07, 6.45) is 7.39. The molecule has 0 fully saturated rings. The zero-order chi connectivity index (χ0) is 10.1. The van der Waals surface area contributed by atoms with E-state index in [1.165, 1.54) is 18.4 Å². The molecule has 0 aliphatic carbocycles. The van der Waals surface area contributed by atoms with Crippen LogP contribution in [0.3, 0.4) is 0 Å². The molecule has 0 atom stereocenters. The highest BCUT2D eigenvalue weighted by atomic mass is 15.2. The second-order valence-electron chi connectivity index (χ2n) is 3.71. The highest BCUT2D eigenvalue weighted by Gasteiger charge is 1.94. The van der Waals surface area contributed by atoms with Gasteiger partial charge in [-0.2, -0.15) is 10.2 Å². The Morgan fingerprint density at radius 2 is 2.15 bits per heavy atom. The van der Waals surface area contributed by atoms with E-state index in [2.05, 4.69) is 37.7 Å². The van der Waals surface area contributed by atoms with Crippen LogP contribution in [0.1, 0.15) is 40.0 Å². The average molecular weight is 180 g/mol. The van der Waals surface area contributed by atoms with Crippen LogP contribution in [-0.4, -0.2) is 12.9 Å². The Bertz CT molecular complexity index is 190. The van der Waals surface area contributed by atoms with Crippen molar-refractivity contribution < 1.29 is 0 Å². The van der Waals surface area contributed by atoms with Crippen LogP contribution in [0.4, 0.5) is 0 Å². The maximum atomic E-state index is 3.67. The van der Waals surface area contributed by atoms with E-state index < -0.39 is 0 Å². The van der Waals surface area contributed by atoms with Crippen molar-refractivity contribution in [1.29, 1.82) is 0 Å². The number of allylic oxidation sites excluding steroid dienone is 2. The molecule has 0 radical (unpaired) electrons. The van der Waals surface area contributed by atoms with Gasteiger partial charge in [0.25, 0.3) is 0 Å². The van der Waals surface area contributed by atoms with E-state index in [0.717, 1.165) is 12.3 Å². The lowest BCUT2D eigenvalue weighted by atomic mass is 10.0. The van der Waals surface area contributed by atoms with Crippen LogP contribution in [0.15, 0.2) is 21.9 Å². The van der Waals surface area contributed by atoms with Crippen molar-refractivity contribution in [2.45, 2.75) is 40.0 Å². The molecule has 0 aliphatic heterocycles. The van der Waals surface area contributed by atoms with Crippen LogP contribution in [0.5, 0.6) is 0 Å². The summed E-state index contributed by atoms with van der Waals surface area (Å²) in [5.41, 5.74) is 1.35. The monoisotopic (exact) mass is 180 g/mol. The van der Waals surface area contributed by atoms with Gasteiger partial charge in [-0.1, -0.05) is 25.8 Å². The molecule has 0 saturated carbocycles. The Morgan fingerprint density at radius 3 is 2.69 bits per heavy atom. The normalized spacial score (nSPS) is 12.8. The maximum absolute atomic E-state index is 3.67. The molecular formula is C11H20N2. The molecule has 0 spiro atoms. The minimum absolute atomic E-state index is 0.802. The first-order valence-electron chi connectivity index (χ1n) is 4.81. The molecule has 0 amide bonds. The van der Waals surface area contributed by atoms with Gasteiger partial charge in [0.1, 0.15) is 0 Å². The standard InChI is InChI=1S/C11H20N2/c1-10(2)6-5-7-11(3)8-9-13-12-4/h8-10H,4-7H2,1-3H3/b11-8+,13-9-. The Labute approximate surface area is 81.5 Å². The third-order valence-electron chi connectivity index (χ3n) is 1.86. The molecule has 0 aromatic carbocycles. The van der Waals surface area contributed by atoms with Crippen LogP contribution in [0.2, 0.25) is 0 Å². The van der Waals surface area contributed by atoms with Crippen molar-refractivity contribution in [3.63, 3.8) is 0 Å². The van der Waals surface area contributed by atoms with E-state index in [0.29, 0.717) is 0 Å². The summed E-state index contributed by atoms with van der Waals surface area (Å²) < 4.78 is 0. The smallest absolute Gasteiger partial charge is 0.0494 e. The maximum Gasteiger partial charge on any atom is 0.0494 e. The number of hydrogen-bond donors (Lipinski definition) is 0. The quantitative estimate of drug-likeness (QED) is 0.442. The predicted octanol–water partition coefficient (Wildman–Crippen LogP) is 3.45. The summed E-state index contributed by atoms with van der Waals surface area (Å²) in [4.78, 5) is 0. The molecule has 0 saturated heterocycles. The predicted molar refractivity (Wildman–Crippen MR) is 60.5 cm³/mol. The molecule has 0 aliphatic rings. The van der Waals surface area contributed by atoms with Crippen LogP contribution < -0.4 is 0 Å². The van der Waals surface area contributed by atoms with Crippen LogP contribution in [0, 0.1) is 5.92 Å². The van der Waals surface area contributed by atoms with Crippen molar-refractivity contribution in [3.8, 4) is 0 Å². The molecule has 2 heteroatoms. The van der Waals surface area contributed by atoms with Gasteiger partial charge in [-0.15, -0.1) is 0 Å². The lowest BCUT2D eigenvalue weighted by Gasteiger charge is -2.03. The Balaban J connectivity index is 3.60. The van der Waals surface area contributed by atoms with Crippen LogP contribution in [-0.2, 0) is 0 Å². The molecule has 13 heavy (non-hydrogen) atoms. The highest BCUT2D eigenvalue weighted by Crippen LogP contribution is 2.10. The zero-order valence-electron chi connectivity index (χ0n) is 8.95. The van der Waals surface area contributed by atoms with Gasteiger partial charge in [-0.25, -0.2) is 0 Å². The summed E-state index contributed by atoms with van der Waals surface area (Å²) in [6.45, 7) is 9.89. The highest BCUT2D eigenvalue weighted by molar-refractivity contribution is 5.71. The van der Waals surface area contributed by atoms with Gasteiger partial charge in [0.2, 0.25) is 0 Å². The van der Waals surface area contributed by atoms with E-state index in [4.69, 9.17) is 0 Å². The lowest BCUT2D eigenvalue weighted by molar-refractivity contribution is 0.555. The largest absolute Gasteiger partial charge is 0.167 e. The molecule has 0 rings (SSSR count). The second-order valence-corrected chi connectivity index (χ2v) is 3.71. The Morgan fingerprint density at radius 1 is 1.46 bits per heavy atom. The summed E-state index contributed by atoms with van der Waals surface area (Å²) >= 11 is 0. The fourth-order valence-electron chi connectivity index (χ4n) is 1.08. The molecule has 2 nitrogen and oxygen atoms in total. The lowest BCUT2D eigenvalue weighted by Crippen LogP contribution is -1.87. The van der Waals surface area contributed by atoms with E-state index in [1.807, 2.05) is 6.08 Å². The summed E-state index contributed by atoms with van der Waals surface area (Å²) in [6, 6.07) is 0. The van der Waals surface area contributed by atoms with Crippen LogP contribution in [0.25, 0.3) is 0 Å². The molecule has 0 heterocycles. The SMILES string of the molecule is C=N/N=C\C=C(/C)CCCC(C)C. The van der Waals surface area contributed by atoms with E-state index in [1.54, 1.807) is 6.21 Å². The van der Waals surface area contributed by atoms with E-state index >= 15 is 0 Å². The minimum atomic E-state index is 0.802.